The van der Waals surface area contributed by atoms with Crippen molar-refractivity contribution in [3.8, 4) is 6.07 Å². The number of imide groups is 1. The number of hydrogen-bond donors (Lipinski definition) is 0. The Morgan fingerprint density at radius 3 is 2.45 bits per heavy atom. The van der Waals surface area contributed by atoms with Gasteiger partial charge in [-0.1, -0.05) is 38.7 Å². The largest absolute Gasteiger partial charge is 0.534 e. The predicted molar refractivity (Wildman–Crippen MR) is 76.0 cm³/mol. The lowest BCUT2D eigenvalue weighted by Gasteiger charge is -2.32. The van der Waals surface area contributed by atoms with Gasteiger partial charge in [0.2, 0.25) is 0 Å². The van der Waals surface area contributed by atoms with E-state index in [-0.39, 0.29) is 19.3 Å². The first-order valence-corrected chi connectivity index (χ1v) is 7.43. The van der Waals surface area contributed by atoms with Crippen molar-refractivity contribution in [3.05, 3.63) is 0 Å². The van der Waals surface area contributed by atoms with Gasteiger partial charge >= 0.3 is 6.16 Å². The van der Waals surface area contributed by atoms with Crippen LogP contribution >= 0.6 is 0 Å². The van der Waals surface area contributed by atoms with Crippen LogP contribution in [0.4, 0.5) is 4.79 Å². The highest BCUT2D eigenvalue weighted by Gasteiger charge is 2.37. The van der Waals surface area contributed by atoms with E-state index in [1.807, 2.05) is 19.9 Å². The summed E-state index contributed by atoms with van der Waals surface area (Å²) in [5.74, 6) is -1.13. The average molecular weight is 310 g/mol. The van der Waals surface area contributed by atoms with Crippen molar-refractivity contribution in [2.45, 2.75) is 65.4 Å². The van der Waals surface area contributed by atoms with E-state index < -0.39 is 29.5 Å². The van der Waals surface area contributed by atoms with Gasteiger partial charge in [0.15, 0.2) is 0 Å². The molecule has 0 aromatic heterocycles. The minimum absolute atomic E-state index is 0.0215. The van der Waals surface area contributed by atoms with Crippen LogP contribution in [0.25, 0.3) is 0 Å². The zero-order valence-electron chi connectivity index (χ0n) is 13.3. The Labute approximate surface area is 130 Å². The molecule has 1 fully saturated rings. The van der Waals surface area contributed by atoms with Crippen molar-refractivity contribution in [3.63, 3.8) is 0 Å². The maximum Gasteiger partial charge on any atom is 0.534 e. The standard InChI is InChI=1S/C15H22N2O5/c1-4-5-9-15(2,3)11(8-10-16)21-14(20)22-17-12(18)6-7-13(17)19/h11H,4-9H2,1-3H3. The molecule has 7 heteroatoms. The van der Waals surface area contributed by atoms with Gasteiger partial charge in [-0.3, -0.25) is 14.4 Å². The summed E-state index contributed by atoms with van der Waals surface area (Å²) in [6, 6.07) is 1.99. The molecule has 0 aromatic rings. The fourth-order valence-corrected chi connectivity index (χ4v) is 2.22. The quantitative estimate of drug-likeness (QED) is 0.530. The predicted octanol–water partition coefficient (Wildman–Crippen LogP) is 2.70. The van der Waals surface area contributed by atoms with Crippen molar-refractivity contribution >= 4 is 18.0 Å². The molecule has 0 radical (unpaired) electrons. The monoisotopic (exact) mass is 310 g/mol. The maximum absolute atomic E-state index is 11.8. The minimum Gasteiger partial charge on any atom is -0.428 e. The summed E-state index contributed by atoms with van der Waals surface area (Å²) in [5, 5.41) is 9.34. The van der Waals surface area contributed by atoms with E-state index in [9.17, 15) is 14.4 Å². The van der Waals surface area contributed by atoms with Crippen molar-refractivity contribution in [1.82, 2.24) is 5.06 Å². The smallest absolute Gasteiger partial charge is 0.428 e. The minimum atomic E-state index is -1.13. The number of nitrogens with zero attached hydrogens (tertiary/aromatic N) is 2. The van der Waals surface area contributed by atoms with E-state index in [1.54, 1.807) is 0 Å². The number of ether oxygens (including phenoxy) is 1. The fourth-order valence-electron chi connectivity index (χ4n) is 2.22. The molecule has 1 unspecified atom stereocenters. The molecule has 0 saturated carbocycles. The van der Waals surface area contributed by atoms with Crippen LogP contribution in [0, 0.1) is 16.7 Å². The first-order chi connectivity index (χ1) is 10.3. The molecule has 0 aliphatic carbocycles. The second-order valence-corrected chi connectivity index (χ2v) is 5.98. The molecule has 1 aliphatic heterocycles. The van der Waals surface area contributed by atoms with Crippen LogP contribution in [0.5, 0.6) is 0 Å². The topological polar surface area (TPSA) is 96.7 Å². The Kier molecular flexibility index (Phi) is 6.35. The molecule has 0 N–H and O–H groups in total. The summed E-state index contributed by atoms with van der Waals surface area (Å²) in [7, 11) is 0. The number of hydroxylamine groups is 2. The molecule has 122 valence electrons. The molecule has 1 rings (SSSR count). The zero-order valence-corrected chi connectivity index (χ0v) is 13.3. The van der Waals surface area contributed by atoms with Crippen molar-refractivity contribution in [2.24, 2.45) is 5.41 Å². The van der Waals surface area contributed by atoms with Crippen LogP contribution < -0.4 is 0 Å². The van der Waals surface area contributed by atoms with Gasteiger partial charge in [-0.25, -0.2) is 4.79 Å². The van der Waals surface area contributed by atoms with Gasteiger partial charge in [0, 0.05) is 18.3 Å². The van der Waals surface area contributed by atoms with Crippen molar-refractivity contribution in [1.29, 1.82) is 5.26 Å². The number of unbranched alkanes of at least 4 members (excludes halogenated alkanes) is 1. The molecule has 1 saturated heterocycles. The zero-order chi connectivity index (χ0) is 16.8. The van der Waals surface area contributed by atoms with E-state index >= 15 is 0 Å². The Balaban J connectivity index is 2.66. The molecule has 7 nitrogen and oxygen atoms in total. The third kappa shape index (κ3) is 4.72. The number of amides is 2. The maximum atomic E-state index is 11.8. The second-order valence-electron chi connectivity index (χ2n) is 5.98. The second kappa shape index (κ2) is 7.78. The van der Waals surface area contributed by atoms with Crippen LogP contribution in [-0.2, 0) is 19.2 Å². The van der Waals surface area contributed by atoms with Gasteiger partial charge in [0.1, 0.15) is 6.10 Å². The van der Waals surface area contributed by atoms with E-state index in [2.05, 4.69) is 11.8 Å². The Morgan fingerprint density at radius 1 is 1.36 bits per heavy atom. The number of nitriles is 1. The summed E-state index contributed by atoms with van der Waals surface area (Å²) in [4.78, 5) is 39.3. The summed E-state index contributed by atoms with van der Waals surface area (Å²) in [5.41, 5.74) is -0.399. The van der Waals surface area contributed by atoms with Crippen molar-refractivity contribution in [2.75, 3.05) is 0 Å². The molecule has 2 amide bonds. The summed E-state index contributed by atoms with van der Waals surface area (Å²) < 4.78 is 5.18. The third-order valence-electron chi connectivity index (χ3n) is 3.73. The van der Waals surface area contributed by atoms with Crippen LogP contribution in [0.2, 0.25) is 0 Å². The average Bonchev–Trinajstić information content (AvgIpc) is 2.76. The number of carbonyl (C=O) groups is 3. The SMILES string of the molecule is CCCCC(C)(C)C(CC#N)OC(=O)ON1C(=O)CCC1=O. The number of carbonyl (C=O) groups excluding carboxylic acids is 3. The van der Waals surface area contributed by atoms with Gasteiger partial charge in [0.05, 0.1) is 12.5 Å². The van der Waals surface area contributed by atoms with Crippen LogP contribution in [0.3, 0.4) is 0 Å². The van der Waals surface area contributed by atoms with E-state index in [0.717, 1.165) is 19.3 Å². The molecular weight excluding hydrogens is 288 g/mol. The van der Waals surface area contributed by atoms with Gasteiger partial charge in [-0.2, -0.15) is 5.26 Å². The fraction of sp³-hybridized carbons (Fsp3) is 0.733. The molecule has 1 aliphatic rings. The Bertz CT molecular complexity index is 465. The van der Waals surface area contributed by atoms with Gasteiger partial charge in [-0.15, -0.1) is 0 Å². The molecular formula is C15H22N2O5. The van der Waals surface area contributed by atoms with Crippen LogP contribution in [-0.4, -0.2) is 29.1 Å². The lowest BCUT2D eigenvalue weighted by molar-refractivity contribution is -0.180. The van der Waals surface area contributed by atoms with E-state index in [1.165, 1.54) is 0 Å². The van der Waals surface area contributed by atoms with Gasteiger partial charge in [0.25, 0.3) is 11.8 Å². The Morgan fingerprint density at radius 2 is 1.95 bits per heavy atom. The van der Waals surface area contributed by atoms with Gasteiger partial charge < -0.3 is 4.74 Å². The Hall–Kier alpha value is -2.10. The van der Waals surface area contributed by atoms with Gasteiger partial charge in [-0.05, 0) is 6.42 Å². The van der Waals surface area contributed by atoms with E-state index in [4.69, 9.17) is 10.00 Å². The first kappa shape index (κ1) is 18.0. The number of rotatable bonds is 7. The highest BCUT2D eigenvalue weighted by Crippen LogP contribution is 2.32. The summed E-state index contributed by atoms with van der Waals surface area (Å²) >= 11 is 0. The third-order valence-corrected chi connectivity index (χ3v) is 3.73. The molecule has 0 bridgehead atoms. The lowest BCUT2D eigenvalue weighted by Crippen LogP contribution is -2.38. The van der Waals surface area contributed by atoms with Crippen LogP contribution in [0.1, 0.15) is 59.3 Å². The molecule has 22 heavy (non-hydrogen) atoms. The van der Waals surface area contributed by atoms with E-state index in [0.29, 0.717) is 5.06 Å². The molecule has 1 atom stereocenters. The first-order valence-electron chi connectivity index (χ1n) is 7.43. The molecule has 1 heterocycles. The summed E-state index contributed by atoms with van der Waals surface area (Å²) in [6.07, 6.45) is 0.988. The number of hydrogen-bond acceptors (Lipinski definition) is 6. The normalized spacial score (nSPS) is 16.4. The molecule has 0 spiro atoms. The van der Waals surface area contributed by atoms with Crippen molar-refractivity contribution < 1.29 is 24.0 Å². The lowest BCUT2D eigenvalue weighted by atomic mass is 9.80. The molecule has 0 aromatic carbocycles. The van der Waals surface area contributed by atoms with Crippen LogP contribution in [0.15, 0.2) is 0 Å². The highest BCUT2D eigenvalue weighted by molar-refractivity contribution is 6.01. The summed E-state index contributed by atoms with van der Waals surface area (Å²) in [6.45, 7) is 5.86. The highest BCUT2D eigenvalue weighted by atomic mass is 16.8.